The number of fused-ring (bicyclic) bond motifs is 1. The molecule has 96 valence electrons. The third-order valence-electron chi connectivity index (χ3n) is 2.95. The highest BCUT2D eigenvalue weighted by atomic mass is 79.9. The average molecular weight is 399 g/mol. The van der Waals surface area contributed by atoms with Gasteiger partial charge in [0.1, 0.15) is 0 Å². The molecule has 0 unspecified atom stereocenters. The molecule has 2 aromatic heterocycles. The predicted molar refractivity (Wildman–Crippen MR) is 86.2 cm³/mol. The van der Waals surface area contributed by atoms with Crippen LogP contribution in [0.5, 0.6) is 0 Å². The van der Waals surface area contributed by atoms with Gasteiger partial charge in [-0.05, 0) is 56.5 Å². The van der Waals surface area contributed by atoms with Crippen molar-refractivity contribution in [3.05, 3.63) is 54.7 Å². The summed E-state index contributed by atoms with van der Waals surface area (Å²) in [4.78, 5) is 16.4. The van der Waals surface area contributed by atoms with Crippen LogP contribution in [0.4, 0.5) is 0 Å². The lowest BCUT2D eigenvalue weighted by molar-refractivity contribution is 0.104. The van der Waals surface area contributed by atoms with E-state index in [0.29, 0.717) is 0 Å². The van der Waals surface area contributed by atoms with Gasteiger partial charge in [-0.2, -0.15) is 0 Å². The number of halogens is 2. The van der Waals surface area contributed by atoms with Gasteiger partial charge in [0.2, 0.25) is 5.78 Å². The molecule has 1 N–H and O–H groups in total. The van der Waals surface area contributed by atoms with Crippen LogP contribution in [0.2, 0.25) is 0 Å². The molecule has 0 aliphatic heterocycles. The number of aryl methyl sites for hydroxylation is 1. The number of hydrogen-bond acceptors (Lipinski definition) is 2. The number of ketones is 1. The molecule has 5 heteroatoms. The number of nitrogens with one attached hydrogen (secondary N) is 1. The average Bonchev–Trinajstić information content (AvgIpc) is 2.93. The first-order chi connectivity index (χ1) is 9.06. The Balaban J connectivity index is 2.11. The minimum absolute atomic E-state index is 0.0477. The summed E-state index contributed by atoms with van der Waals surface area (Å²) in [7, 11) is 0. The van der Waals surface area contributed by atoms with Crippen molar-refractivity contribution in [2.45, 2.75) is 6.92 Å². The zero-order valence-electron chi connectivity index (χ0n) is 9.96. The standard InChI is InChI=1S/C14H9Br2NOS/c1-7-2-3-8-9(6-17-11(8)4-7)13(18)12-5-10(15)14(16)19-12/h2-6,17H,1H3. The van der Waals surface area contributed by atoms with Crippen LogP contribution in [0.15, 0.2) is 38.7 Å². The number of rotatable bonds is 2. The molecule has 2 nitrogen and oxygen atoms in total. The van der Waals surface area contributed by atoms with Crippen LogP contribution in [0.25, 0.3) is 10.9 Å². The number of carbonyl (C=O) groups is 1. The third kappa shape index (κ3) is 2.30. The SMILES string of the molecule is Cc1ccc2c(C(=O)c3cc(Br)c(Br)s3)c[nH]c2c1. The first-order valence-electron chi connectivity index (χ1n) is 5.63. The van der Waals surface area contributed by atoms with E-state index >= 15 is 0 Å². The van der Waals surface area contributed by atoms with E-state index in [1.165, 1.54) is 16.9 Å². The van der Waals surface area contributed by atoms with Crippen molar-refractivity contribution in [1.29, 1.82) is 0 Å². The molecular formula is C14H9Br2NOS. The number of aromatic amines is 1. The Kier molecular flexibility index (Phi) is 3.37. The van der Waals surface area contributed by atoms with E-state index in [-0.39, 0.29) is 5.78 Å². The van der Waals surface area contributed by atoms with E-state index in [2.05, 4.69) is 36.8 Å². The van der Waals surface area contributed by atoms with Crippen molar-refractivity contribution < 1.29 is 4.79 Å². The summed E-state index contributed by atoms with van der Waals surface area (Å²) in [6, 6.07) is 7.91. The summed E-state index contributed by atoms with van der Waals surface area (Å²) >= 11 is 8.27. The number of H-pyrrole nitrogens is 1. The second-order valence-electron chi connectivity index (χ2n) is 4.31. The fourth-order valence-corrected chi connectivity index (χ4v) is 4.01. The highest BCUT2D eigenvalue weighted by Gasteiger charge is 2.17. The van der Waals surface area contributed by atoms with E-state index < -0.39 is 0 Å². The zero-order valence-corrected chi connectivity index (χ0v) is 13.9. The molecule has 0 fully saturated rings. The van der Waals surface area contributed by atoms with Gasteiger partial charge in [0.05, 0.1) is 8.66 Å². The second kappa shape index (κ2) is 4.89. The van der Waals surface area contributed by atoms with Gasteiger partial charge in [0, 0.05) is 27.1 Å². The van der Waals surface area contributed by atoms with Crippen LogP contribution in [-0.4, -0.2) is 10.8 Å². The Labute approximate surface area is 131 Å². The third-order valence-corrected chi connectivity index (χ3v) is 6.21. The summed E-state index contributed by atoms with van der Waals surface area (Å²) in [5.41, 5.74) is 2.89. The lowest BCUT2D eigenvalue weighted by atomic mass is 10.1. The number of aromatic nitrogens is 1. The van der Waals surface area contributed by atoms with E-state index in [1.807, 2.05) is 31.2 Å². The minimum atomic E-state index is 0.0477. The Morgan fingerprint density at radius 3 is 2.74 bits per heavy atom. The van der Waals surface area contributed by atoms with Crippen LogP contribution in [-0.2, 0) is 0 Å². The number of hydrogen-bond donors (Lipinski definition) is 1. The molecule has 0 aliphatic rings. The lowest BCUT2D eigenvalue weighted by Crippen LogP contribution is -1.96. The van der Waals surface area contributed by atoms with Gasteiger partial charge in [-0.3, -0.25) is 4.79 Å². The molecule has 19 heavy (non-hydrogen) atoms. The lowest BCUT2D eigenvalue weighted by Gasteiger charge is -1.97. The molecule has 0 amide bonds. The quantitative estimate of drug-likeness (QED) is 0.584. The van der Waals surface area contributed by atoms with Crippen LogP contribution >= 0.6 is 43.2 Å². The van der Waals surface area contributed by atoms with Gasteiger partial charge in [0.15, 0.2) is 0 Å². The summed E-state index contributed by atoms with van der Waals surface area (Å²) in [6.07, 6.45) is 1.79. The van der Waals surface area contributed by atoms with Crippen LogP contribution in [0, 0.1) is 6.92 Å². The summed E-state index contributed by atoms with van der Waals surface area (Å²) in [5.74, 6) is 0.0477. The topological polar surface area (TPSA) is 32.9 Å². The number of thiophene rings is 1. The summed E-state index contributed by atoms with van der Waals surface area (Å²) in [5, 5.41) is 0.969. The van der Waals surface area contributed by atoms with Crippen molar-refractivity contribution in [3.63, 3.8) is 0 Å². The fourth-order valence-electron chi connectivity index (χ4n) is 2.02. The van der Waals surface area contributed by atoms with Crippen LogP contribution in [0.1, 0.15) is 20.8 Å². The fraction of sp³-hybridized carbons (Fsp3) is 0.0714. The van der Waals surface area contributed by atoms with Gasteiger partial charge < -0.3 is 4.98 Å². The molecule has 0 bridgehead atoms. The molecule has 0 saturated heterocycles. The van der Waals surface area contributed by atoms with E-state index in [9.17, 15) is 4.79 Å². The Hall–Kier alpha value is -0.910. The molecule has 3 rings (SSSR count). The second-order valence-corrected chi connectivity index (χ2v) is 7.54. The molecule has 0 radical (unpaired) electrons. The summed E-state index contributed by atoms with van der Waals surface area (Å²) in [6.45, 7) is 2.04. The highest BCUT2D eigenvalue weighted by Crippen LogP contribution is 2.34. The zero-order chi connectivity index (χ0) is 13.6. The molecule has 0 spiro atoms. The Bertz CT molecular complexity index is 768. The number of benzene rings is 1. The normalized spacial score (nSPS) is 11.1. The molecular weight excluding hydrogens is 390 g/mol. The van der Waals surface area contributed by atoms with Crippen molar-refractivity contribution >= 4 is 59.9 Å². The molecule has 3 aromatic rings. The van der Waals surface area contributed by atoms with Crippen LogP contribution in [0.3, 0.4) is 0 Å². The molecule has 1 aromatic carbocycles. The first-order valence-corrected chi connectivity index (χ1v) is 8.04. The van der Waals surface area contributed by atoms with Gasteiger partial charge in [-0.25, -0.2) is 0 Å². The molecule has 0 aliphatic carbocycles. The minimum Gasteiger partial charge on any atom is -0.360 e. The van der Waals surface area contributed by atoms with Gasteiger partial charge >= 0.3 is 0 Å². The van der Waals surface area contributed by atoms with Crippen molar-refractivity contribution in [3.8, 4) is 0 Å². The number of carbonyl (C=O) groups excluding carboxylic acids is 1. The molecule has 2 heterocycles. The van der Waals surface area contributed by atoms with Gasteiger partial charge in [-0.1, -0.05) is 12.1 Å². The maximum atomic E-state index is 12.5. The smallest absolute Gasteiger partial charge is 0.205 e. The predicted octanol–water partition coefficient (Wildman–Crippen LogP) is 5.29. The van der Waals surface area contributed by atoms with Gasteiger partial charge in [0.25, 0.3) is 0 Å². The maximum absolute atomic E-state index is 12.5. The Morgan fingerprint density at radius 1 is 1.26 bits per heavy atom. The van der Waals surface area contributed by atoms with Gasteiger partial charge in [-0.15, -0.1) is 11.3 Å². The highest BCUT2D eigenvalue weighted by molar-refractivity contribution is 9.13. The van der Waals surface area contributed by atoms with E-state index in [0.717, 1.165) is 29.6 Å². The van der Waals surface area contributed by atoms with E-state index in [4.69, 9.17) is 0 Å². The van der Waals surface area contributed by atoms with Crippen LogP contribution < -0.4 is 0 Å². The molecule has 0 atom stereocenters. The monoisotopic (exact) mass is 397 g/mol. The Morgan fingerprint density at radius 2 is 2.05 bits per heavy atom. The largest absolute Gasteiger partial charge is 0.360 e. The maximum Gasteiger partial charge on any atom is 0.205 e. The van der Waals surface area contributed by atoms with E-state index in [1.54, 1.807) is 6.20 Å². The van der Waals surface area contributed by atoms with Crippen molar-refractivity contribution in [2.75, 3.05) is 0 Å². The molecule has 0 saturated carbocycles. The summed E-state index contributed by atoms with van der Waals surface area (Å²) < 4.78 is 1.85. The van der Waals surface area contributed by atoms with Crippen molar-refractivity contribution in [2.24, 2.45) is 0 Å². The van der Waals surface area contributed by atoms with Crippen molar-refractivity contribution in [1.82, 2.24) is 4.98 Å². The first kappa shape index (κ1) is 13.1.